The fourth-order valence-electron chi connectivity index (χ4n) is 4.75. The highest BCUT2D eigenvalue weighted by Crippen LogP contribution is 2.56. The van der Waals surface area contributed by atoms with Crippen molar-refractivity contribution < 1.29 is 14.6 Å². The number of carbonyl (C=O) groups is 1. The molecule has 122 valence electrons. The Morgan fingerprint density at radius 2 is 2.26 bits per heavy atom. The Balaban J connectivity index is 1.97. The fourth-order valence-corrected chi connectivity index (χ4v) is 4.75. The van der Waals surface area contributed by atoms with Crippen LogP contribution in [0.5, 0.6) is 5.75 Å². The van der Waals surface area contributed by atoms with Gasteiger partial charge in [-0.05, 0) is 73.6 Å². The molecular weight excluding hydrogens is 290 g/mol. The number of fused-ring (bicyclic) bond motifs is 3. The van der Waals surface area contributed by atoms with E-state index in [1.165, 1.54) is 11.1 Å². The average Bonchev–Trinajstić information content (AvgIpc) is 2.56. The van der Waals surface area contributed by atoms with Crippen molar-refractivity contribution >= 4 is 5.97 Å². The predicted octanol–water partition coefficient (Wildman–Crippen LogP) is 3.76. The summed E-state index contributed by atoms with van der Waals surface area (Å²) < 4.78 is 5.32. The first kappa shape index (κ1) is 15.9. The molecular formula is C19H23NO3. The number of rotatable bonds is 3. The van der Waals surface area contributed by atoms with Crippen LogP contribution in [0.25, 0.3) is 0 Å². The highest BCUT2D eigenvalue weighted by molar-refractivity contribution is 5.75. The molecule has 1 aromatic rings. The van der Waals surface area contributed by atoms with E-state index in [9.17, 15) is 15.2 Å². The van der Waals surface area contributed by atoms with Crippen LogP contribution in [-0.4, -0.2) is 18.2 Å². The van der Waals surface area contributed by atoms with Gasteiger partial charge in [0.2, 0.25) is 0 Å². The molecule has 0 radical (unpaired) electrons. The van der Waals surface area contributed by atoms with Crippen LogP contribution in [0.1, 0.15) is 49.7 Å². The highest BCUT2D eigenvalue weighted by atomic mass is 16.5. The summed E-state index contributed by atoms with van der Waals surface area (Å²) in [5.74, 6) is 0.707. The number of benzene rings is 1. The Hall–Kier alpha value is -2.02. The summed E-state index contributed by atoms with van der Waals surface area (Å²) in [6.07, 6.45) is 3.75. The molecule has 4 heteroatoms. The summed E-state index contributed by atoms with van der Waals surface area (Å²) in [5, 5.41) is 18.9. The van der Waals surface area contributed by atoms with E-state index in [1.54, 1.807) is 7.11 Å². The van der Waals surface area contributed by atoms with Crippen molar-refractivity contribution in [2.45, 2.75) is 44.9 Å². The van der Waals surface area contributed by atoms with Crippen LogP contribution in [0.4, 0.5) is 0 Å². The Kier molecular flexibility index (Phi) is 4.06. The molecule has 0 amide bonds. The standard InChI is InChI=1S/C19H23NO3/c1-19(18(21)22)9-7-15-14-6-4-13(23-2)11-12(14)3-5-16(15)17(19)8-10-20/h4,6,11,15-17H,3,5,7-9H2,1-2H3,(H,21,22)/t15-,16-,17+,19+/m1/s1. The van der Waals surface area contributed by atoms with E-state index in [0.717, 1.165) is 25.0 Å². The molecule has 1 aromatic carbocycles. The van der Waals surface area contributed by atoms with Gasteiger partial charge in [-0.3, -0.25) is 4.79 Å². The number of aryl methyl sites for hydroxylation is 1. The molecule has 1 N–H and O–H groups in total. The van der Waals surface area contributed by atoms with Crippen molar-refractivity contribution in [1.29, 1.82) is 5.26 Å². The first-order chi connectivity index (χ1) is 11.0. The zero-order valence-corrected chi connectivity index (χ0v) is 13.7. The summed E-state index contributed by atoms with van der Waals surface area (Å²) in [4.78, 5) is 11.8. The highest BCUT2D eigenvalue weighted by Gasteiger charge is 2.52. The Labute approximate surface area is 137 Å². The molecule has 0 heterocycles. The monoisotopic (exact) mass is 313 g/mol. The fraction of sp³-hybridized carbons (Fsp3) is 0.579. The molecule has 23 heavy (non-hydrogen) atoms. The average molecular weight is 313 g/mol. The van der Waals surface area contributed by atoms with Crippen LogP contribution in [0.2, 0.25) is 0 Å². The predicted molar refractivity (Wildman–Crippen MR) is 86.2 cm³/mol. The quantitative estimate of drug-likeness (QED) is 0.922. The Morgan fingerprint density at radius 3 is 2.91 bits per heavy atom. The Morgan fingerprint density at radius 1 is 1.48 bits per heavy atom. The number of carboxylic acids is 1. The molecule has 4 nitrogen and oxygen atoms in total. The van der Waals surface area contributed by atoms with E-state index in [1.807, 2.05) is 13.0 Å². The number of hydrogen-bond donors (Lipinski definition) is 1. The normalized spacial score (nSPS) is 32.3. The van der Waals surface area contributed by atoms with Gasteiger partial charge in [-0.1, -0.05) is 6.07 Å². The number of ether oxygens (including phenoxy) is 1. The van der Waals surface area contributed by atoms with Crippen LogP contribution in [0, 0.1) is 28.6 Å². The second-order valence-corrected chi connectivity index (χ2v) is 7.10. The molecule has 1 saturated carbocycles. The Bertz CT molecular complexity index is 663. The molecule has 3 rings (SSSR count). The van der Waals surface area contributed by atoms with Gasteiger partial charge < -0.3 is 9.84 Å². The first-order valence-corrected chi connectivity index (χ1v) is 8.28. The van der Waals surface area contributed by atoms with Gasteiger partial charge in [0.25, 0.3) is 0 Å². The maximum absolute atomic E-state index is 11.8. The lowest BCUT2D eigenvalue weighted by atomic mass is 9.54. The minimum absolute atomic E-state index is 0.0704. The molecule has 0 saturated heterocycles. The maximum atomic E-state index is 11.8. The molecule has 1 fully saturated rings. The number of hydrogen-bond acceptors (Lipinski definition) is 3. The third-order valence-corrected chi connectivity index (χ3v) is 6.12. The molecule has 0 unspecified atom stereocenters. The van der Waals surface area contributed by atoms with Gasteiger partial charge in [-0.15, -0.1) is 0 Å². The van der Waals surface area contributed by atoms with Crippen molar-refractivity contribution in [2.24, 2.45) is 17.3 Å². The lowest BCUT2D eigenvalue weighted by Gasteiger charge is -2.49. The van der Waals surface area contributed by atoms with E-state index in [2.05, 4.69) is 18.2 Å². The van der Waals surface area contributed by atoms with Crippen LogP contribution in [0.15, 0.2) is 18.2 Å². The summed E-state index contributed by atoms with van der Waals surface area (Å²) >= 11 is 0. The number of carboxylic acid groups (broad SMARTS) is 1. The largest absolute Gasteiger partial charge is 0.497 e. The molecule has 0 aliphatic heterocycles. The molecule has 0 bridgehead atoms. The number of methoxy groups -OCH3 is 1. The molecule has 0 aromatic heterocycles. The third-order valence-electron chi connectivity index (χ3n) is 6.12. The van der Waals surface area contributed by atoms with E-state index in [-0.39, 0.29) is 11.8 Å². The molecule has 0 spiro atoms. The zero-order chi connectivity index (χ0) is 16.6. The molecule has 2 aliphatic carbocycles. The van der Waals surface area contributed by atoms with E-state index < -0.39 is 11.4 Å². The second-order valence-electron chi connectivity index (χ2n) is 7.10. The van der Waals surface area contributed by atoms with Crippen LogP contribution < -0.4 is 4.74 Å². The van der Waals surface area contributed by atoms with Crippen LogP contribution >= 0.6 is 0 Å². The van der Waals surface area contributed by atoms with Crippen LogP contribution in [0.3, 0.4) is 0 Å². The number of nitriles is 1. The number of nitrogens with zero attached hydrogens (tertiary/aromatic N) is 1. The van der Waals surface area contributed by atoms with Crippen molar-refractivity contribution in [3.63, 3.8) is 0 Å². The van der Waals surface area contributed by atoms with Gasteiger partial charge in [0.1, 0.15) is 5.75 Å². The van der Waals surface area contributed by atoms with Gasteiger partial charge in [0.15, 0.2) is 0 Å². The van der Waals surface area contributed by atoms with Gasteiger partial charge >= 0.3 is 5.97 Å². The van der Waals surface area contributed by atoms with E-state index in [4.69, 9.17) is 4.74 Å². The summed E-state index contributed by atoms with van der Waals surface area (Å²) in [6, 6.07) is 8.47. The zero-order valence-electron chi connectivity index (χ0n) is 13.7. The SMILES string of the molecule is COc1ccc2c(c1)CC[C@@H]1[C@@H]2CC[C@](C)(C(=O)O)[C@H]1CC#N. The van der Waals surface area contributed by atoms with Crippen molar-refractivity contribution in [2.75, 3.05) is 7.11 Å². The van der Waals surface area contributed by atoms with Crippen molar-refractivity contribution in [3.8, 4) is 11.8 Å². The van der Waals surface area contributed by atoms with E-state index >= 15 is 0 Å². The third kappa shape index (κ3) is 2.49. The smallest absolute Gasteiger partial charge is 0.309 e. The minimum atomic E-state index is -0.777. The van der Waals surface area contributed by atoms with Gasteiger partial charge in [-0.25, -0.2) is 0 Å². The number of aliphatic carboxylic acids is 1. The first-order valence-electron chi connectivity index (χ1n) is 8.28. The van der Waals surface area contributed by atoms with Gasteiger partial charge in [-0.2, -0.15) is 5.26 Å². The lowest BCUT2D eigenvalue weighted by Crippen LogP contribution is -2.46. The van der Waals surface area contributed by atoms with Crippen LogP contribution in [-0.2, 0) is 11.2 Å². The van der Waals surface area contributed by atoms with Crippen molar-refractivity contribution in [1.82, 2.24) is 0 Å². The lowest BCUT2D eigenvalue weighted by molar-refractivity contribution is -0.156. The van der Waals surface area contributed by atoms with Gasteiger partial charge in [0.05, 0.1) is 18.6 Å². The topological polar surface area (TPSA) is 70.3 Å². The van der Waals surface area contributed by atoms with E-state index in [0.29, 0.717) is 18.8 Å². The summed E-state index contributed by atoms with van der Waals surface area (Å²) in [7, 11) is 1.68. The molecule has 4 atom stereocenters. The minimum Gasteiger partial charge on any atom is -0.497 e. The second kappa shape index (κ2) is 5.88. The molecule has 2 aliphatic rings. The maximum Gasteiger partial charge on any atom is 0.309 e. The van der Waals surface area contributed by atoms with Gasteiger partial charge in [0, 0.05) is 6.42 Å². The summed E-state index contributed by atoms with van der Waals surface area (Å²) in [6.45, 7) is 1.83. The summed E-state index contributed by atoms with van der Waals surface area (Å²) in [5.41, 5.74) is 1.87. The van der Waals surface area contributed by atoms with Crippen molar-refractivity contribution in [3.05, 3.63) is 29.3 Å².